The molecule has 0 bridgehead atoms. The minimum Gasteiger partial charge on any atom is -0.363 e. The van der Waals surface area contributed by atoms with Gasteiger partial charge in [-0.1, -0.05) is 18.3 Å². The molecule has 0 aliphatic heterocycles. The van der Waals surface area contributed by atoms with Gasteiger partial charge in [0.1, 0.15) is 0 Å². The van der Waals surface area contributed by atoms with E-state index in [0.29, 0.717) is 15.7 Å². The quantitative estimate of drug-likeness (QED) is 0.919. The molecule has 0 aliphatic rings. The standard InChI is InChI=1S/C12H16N4OS/c1-4-7-16-8(2)5-6-9(11(16)17)10-14-15-12(13-3)18-10/h5-6H,4,7H2,1-3H3,(H,13,15). The number of nitrogens with zero attached hydrogens (tertiary/aromatic N) is 3. The van der Waals surface area contributed by atoms with E-state index in [9.17, 15) is 4.79 Å². The van der Waals surface area contributed by atoms with Crippen molar-refractivity contribution in [3.8, 4) is 10.6 Å². The number of rotatable bonds is 4. The normalized spacial score (nSPS) is 10.6. The molecule has 18 heavy (non-hydrogen) atoms. The van der Waals surface area contributed by atoms with Crippen LogP contribution in [-0.4, -0.2) is 21.8 Å². The Morgan fingerprint density at radius 2 is 2.17 bits per heavy atom. The molecule has 0 spiro atoms. The van der Waals surface area contributed by atoms with Gasteiger partial charge >= 0.3 is 0 Å². The molecule has 0 fully saturated rings. The Morgan fingerprint density at radius 1 is 1.39 bits per heavy atom. The van der Waals surface area contributed by atoms with Crippen molar-refractivity contribution in [2.24, 2.45) is 0 Å². The molecular formula is C12H16N4OS. The highest BCUT2D eigenvalue weighted by atomic mass is 32.1. The molecule has 2 rings (SSSR count). The van der Waals surface area contributed by atoms with Crippen LogP contribution in [0.1, 0.15) is 19.0 Å². The number of nitrogens with one attached hydrogen (secondary N) is 1. The minimum atomic E-state index is 0.00986. The van der Waals surface area contributed by atoms with Crippen molar-refractivity contribution in [2.45, 2.75) is 26.8 Å². The number of hydrogen-bond donors (Lipinski definition) is 1. The Labute approximate surface area is 110 Å². The zero-order valence-electron chi connectivity index (χ0n) is 10.7. The van der Waals surface area contributed by atoms with Crippen LogP contribution in [-0.2, 0) is 6.54 Å². The summed E-state index contributed by atoms with van der Waals surface area (Å²) in [5.41, 5.74) is 1.60. The van der Waals surface area contributed by atoms with Crippen molar-refractivity contribution in [2.75, 3.05) is 12.4 Å². The molecule has 0 aliphatic carbocycles. The molecule has 0 saturated heterocycles. The molecule has 0 saturated carbocycles. The van der Waals surface area contributed by atoms with Crippen LogP contribution in [0.15, 0.2) is 16.9 Å². The van der Waals surface area contributed by atoms with Crippen LogP contribution in [0, 0.1) is 6.92 Å². The molecule has 0 unspecified atom stereocenters. The van der Waals surface area contributed by atoms with Crippen molar-refractivity contribution in [3.63, 3.8) is 0 Å². The summed E-state index contributed by atoms with van der Waals surface area (Å²) >= 11 is 1.39. The lowest BCUT2D eigenvalue weighted by atomic mass is 10.2. The average Bonchev–Trinajstić information content (AvgIpc) is 2.83. The zero-order chi connectivity index (χ0) is 13.1. The van der Waals surface area contributed by atoms with Crippen LogP contribution in [0.25, 0.3) is 10.6 Å². The maximum atomic E-state index is 12.4. The first-order chi connectivity index (χ1) is 8.67. The molecule has 1 N–H and O–H groups in total. The molecule has 96 valence electrons. The molecule has 6 heteroatoms. The monoisotopic (exact) mass is 264 g/mol. The highest BCUT2D eigenvalue weighted by Crippen LogP contribution is 2.23. The van der Waals surface area contributed by atoms with E-state index >= 15 is 0 Å². The summed E-state index contributed by atoms with van der Waals surface area (Å²) < 4.78 is 1.79. The lowest BCUT2D eigenvalue weighted by molar-refractivity contribution is 0.636. The Hall–Kier alpha value is -1.69. The van der Waals surface area contributed by atoms with E-state index in [1.807, 2.05) is 19.1 Å². The summed E-state index contributed by atoms with van der Waals surface area (Å²) in [5, 5.41) is 12.3. The molecule has 0 amide bonds. The van der Waals surface area contributed by atoms with E-state index in [0.717, 1.165) is 18.7 Å². The van der Waals surface area contributed by atoms with Gasteiger partial charge in [0.05, 0.1) is 5.56 Å². The molecule has 2 aromatic heterocycles. The van der Waals surface area contributed by atoms with Gasteiger partial charge in [0.15, 0.2) is 5.01 Å². The average molecular weight is 264 g/mol. The number of pyridine rings is 1. The summed E-state index contributed by atoms with van der Waals surface area (Å²) in [4.78, 5) is 12.4. The SMILES string of the molecule is CCCn1c(C)ccc(-c2nnc(NC)s2)c1=O. The fraction of sp³-hybridized carbons (Fsp3) is 0.417. The van der Waals surface area contributed by atoms with E-state index in [-0.39, 0.29) is 5.56 Å². The molecule has 5 nitrogen and oxygen atoms in total. The van der Waals surface area contributed by atoms with E-state index in [2.05, 4.69) is 22.4 Å². The largest absolute Gasteiger partial charge is 0.363 e. The second-order valence-corrected chi connectivity index (χ2v) is 4.99. The number of aromatic nitrogens is 3. The topological polar surface area (TPSA) is 59.8 Å². The fourth-order valence-electron chi connectivity index (χ4n) is 1.77. The smallest absolute Gasteiger partial charge is 0.261 e. The van der Waals surface area contributed by atoms with Gasteiger partial charge in [-0.3, -0.25) is 4.79 Å². The third kappa shape index (κ3) is 2.28. The second-order valence-electron chi connectivity index (χ2n) is 4.01. The van der Waals surface area contributed by atoms with Gasteiger partial charge in [0, 0.05) is 19.3 Å². The van der Waals surface area contributed by atoms with Crippen molar-refractivity contribution in [1.29, 1.82) is 0 Å². The highest BCUT2D eigenvalue weighted by molar-refractivity contribution is 7.18. The molecule has 2 aromatic rings. The first kappa shape index (κ1) is 12.8. The van der Waals surface area contributed by atoms with Gasteiger partial charge in [0.25, 0.3) is 5.56 Å². The predicted molar refractivity (Wildman–Crippen MR) is 74.2 cm³/mol. The summed E-state index contributed by atoms with van der Waals surface area (Å²) in [7, 11) is 1.79. The van der Waals surface area contributed by atoms with Gasteiger partial charge in [0.2, 0.25) is 5.13 Å². The summed E-state index contributed by atoms with van der Waals surface area (Å²) in [6.07, 6.45) is 0.933. The van der Waals surface area contributed by atoms with Gasteiger partial charge in [-0.2, -0.15) is 0 Å². The van der Waals surface area contributed by atoms with E-state index < -0.39 is 0 Å². The molecule has 0 radical (unpaired) electrons. The Kier molecular flexibility index (Phi) is 3.76. The lowest BCUT2D eigenvalue weighted by Gasteiger charge is -2.09. The van der Waals surface area contributed by atoms with Crippen LogP contribution >= 0.6 is 11.3 Å². The number of hydrogen-bond acceptors (Lipinski definition) is 5. The number of aryl methyl sites for hydroxylation is 1. The summed E-state index contributed by atoms with van der Waals surface area (Å²) in [6.45, 7) is 4.73. The van der Waals surface area contributed by atoms with Crippen molar-refractivity contribution >= 4 is 16.5 Å². The van der Waals surface area contributed by atoms with Gasteiger partial charge in [-0.15, -0.1) is 10.2 Å². The first-order valence-electron chi connectivity index (χ1n) is 5.89. The van der Waals surface area contributed by atoms with E-state index in [1.54, 1.807) is 11.6 Å². The maximum Gasteiger partial charge on any atom is 0.261 e. The van der Waals surface area contributed by atoms with Gasteiger partial charge < -0.3 is 9.88 Å². The summed E-state index contributed by atoms with van der Waals surface area (Å²) in [6, 6.07) is 3.77. The minimum absolute atomic E-state index is 0.00986. The molecule has 0 aromatic carbocycles. The lowest BCUT2D eigenvalue weighted by Crippen LogP contribution is -2.23. The van der Waals surface area contributed by atoms with E-state index in [4.69, 9.17) is 0 Å². The van der Waals surface area contributed by atoms with Crippen LogP contribution in [0.5, 0.6) is 0 Å². The summed E-state index contributed by atoms with van der Waals surface area (Å²) in [5.74, 6) is 0. The fourth-order valence-corrected chi connectivity index (χ4v) is 2.48. The first-order valence-corrected chi connectivity index (χ1v) is 6.71. The molecule has 2 heterocycles. The van der Waals surface area contributed by atoms with Crippen LogP contribution in [0.3, 0.4) is 0 Å². The Morgan fingerprint density at radius 3 is 2.78 bits per heavy atom. The Bertz CT molecular complexity index is 602. The van der Waals surface area contributed by atoms with Crippen LogP contribution in [0.4, 0.5) is 5.13 Å². The molecule has 0 atom stereocenters. The van der Waals surface area contributed by atoms with Crippen LogP contribution in [0.2, 0.25) is 0 Å². The van der Waals surface area contributed by atoms with Crippen molar-refractivity contribution in [3.05, 3.63) is 28.2 Å². The number of anilines is 1. The van der Waals surface area contributed by atoms with Crippen molar-refractivity contribution < 1.29 is 0 Å². The van der Waals surface area contributed by atoms with Gasteiger partial charge in [-0.25, -0.2) is 0 Å². The van der Waals surface area contributed by atoms with Gasteiger partial charge in [-0.05, 0) is 25.5 Å². The third-order valence-electron chi connectivity index (χ3n) is 2.71. The maximum absolute atomic E-state index is 12.4. The Balaban J connectivity index is 2.51. The second kappa shape index (κ2) is 5.30. The zero-order valence-corrected chi connectivity index (χ0v) is 11.5. The highest BCUT2D eigenvalue weighted by Gasteiger charge is 2.12. The molecular weight excluding hydrogens is 248 g/mol. The predicted octanol–water partition coefficient (Wildman–Crippen LogP) is 2.13. The van der Waals surface area contributed by atoms with Crippen LogP contribution < -0.4 is 10.9 Å². The van der Waals surface area contributed by atoms with Crippen molar-refractivity contribution in [1.82, 2.24) is 14.8 Å². The third-order valence-corrected chi connectivity index (χ3v) is 3.68. The van der Waals surface area contributed by atoms with E-state index in [1.165, 1.54) is 11.3 Å².